The first-order valence-corrected chi connectivity index (χ1v) is 8.90. The third-order valence-electron chi connectivity index (χ3n) is 3.97. The average Bonchev–Trinajstić information content (AvgIpc) is 2.92. The predicted octanol–water partition coefficient (Wildman–Crippen LogP) is 4.89. The van der Waals surface area contributed by atoms with Crippen molar-refractivity contribution in [1.82, 2.24) is 4.57 Å². The van der Waals surface area contributed by atoms with E-state index < -0.39 is 0 Å². The number of fused-ring (bicyclic) bond motifs is 1. The number of allylic oxidation sites excluding steroid dienone is 1. The molecule has 0 bridgehead atoms. The minimum atomic E-state index is -0.381. The lowest BCUT2D eigenvalue weighted by Gasteiger charge is -2.05. The van der Waals surface area contributed by atoms with Crippen LogP contribution in [-0.4, -0.2) is 10.5 Å². The van der Waals surface area contributed by atoms with Crippen molar-refractivity contribution < 1.29 is 9.18 Å². The Hall–Kier alpha value is -2.53. The van der Waals surface area contributed by atoms with Crippen LogP contribution in [-0.2, 0) is 6.54 Å². The lowest BCUT2D eigenvalue weighted by Crippen LogP contribution is -2.16. The van der Waals surface area contributed by atoms with Gasteiger partial charge in [-0.1, -0.05) is 37.3 Å². The van der Waals surface area contributed by atoms with E-state index in [9.17, 15) is 9.18 Å². The van der Waals surface area contributed by atoms with Gasteiger partial charge in [-0.15, -0.1) is 6.58 Å². The van der Waals surface area contributed by atoms with Crippen LogP contribution in [0.15, 0.2) is 60.1 Å². The van der Waals surface area contributed by atoms with Gasteiger partial charge in [-0.05, 0) is 47.9 Å². The van der Waals surface area contributed by atoms with Crippen molar-refractivity contribution in [2.75, 3.05) is 0 Å². The molecule has 128 valence electrons. The van der Waals surface area contributed by atoms with E-state index >= 15 is 0 Å². The first-order valence-electron chi connectivity index (χ1n) is 8.08. The van der Waals surface area contributed by atoms with Crippen LogP contribution in [0.25, 0.3) is 10.2 Å². The van der Waals surface area contributed by atoms with Crippen molar-refractivity contribution in [1.29, 1.82) is 0 Å². The summed E-state index contributed by atoms with van der Waals surface area (Å²) in [5, 5.41) is 0. The average molecular weight is 354 g/mol. The van der Waals surface area contributed by atoms with Crippen LogP contribution < -0.4 is 4.80 Å². The van der Waals surface area contributed by atoms with Crippen LogP contribution in [0.3, 0.4) is 0 Å². The molecule has 1 heterocycles. The fourth-order valence-electron chi connectivity index (χ4n) is 2.58. The summed E-state index contributed by atoms with van der Waals surface area (Å²) in [7, 11) is 0. The number of hydrogen-bond acceptors (Lipinski definition) is 2. The summed E-state index contributed by atoms with van der Waals surface area (Å²) in [4.78, 5) is 17.3. The van der Waals surface area contributed by atoms with Gasteiger partial charge in [0.1, 0.15) is 5.82 Å². The van der Waals surface area contributed by atoms with E-state index in [1.54, 1.807) is 6.08 Å². The van der Waals surface area contributed by atoms with Crippen molar-refractivity contribution in [2.45, 2.75) is 26.3 Å². The fraction of sp³-hybridized carbons (Fsp3) is 0.200. The first-order chi connectivity index (χ1) is 12.0. The number of thiazole rings is 1. The van der Waals surface area contributed by atoms with Crippen molar-refractivity contribution in [3.63, 3.8) is 0 Å². The first kappa shape index (κ1) is 17.3. The second kappa shape index (κ2) is 7.15. The van der Waals surface area contributed by atoms with Crippen LogP contribution in [0, 0.1) is 5.82 Å². The molecule has 0 saturated heterocycles. The second-order valence-electron chi connectivity index (χ2n) is 6.09. The number of amides is 1. The topological polar surface area (TPSA) is 34.4 Å². The number of carbonyl (C=O) groups excluding carboxylic acids is 1. The Labute approximate surface area is 149 Å². The van der Waals surface area contributed by atoms with Crippen LogP contribution in [0.1, 0.15) is 35.7 Å². The van der Waals surface area contributed by atoms with Crippen molar-refractivity contribution in [3.8, 4) is 0 Å². The van der Waals surface area contributed by atoms with E-state index in [2.05, 4.69) is 43.6 Å². The molecule has 2 aromatic carbocycles. The Balaban J connectivity index is 2.13. The van der Waals surface area contributed by atoms with E-state index in [1.807, 2.05) is 4.57 Å². The smallest absolute Gasteiger partial charge is 0.279 e. The van der Waals surface area contributed by atoms with Gasteiger partial charge in [0, 0.05) is 12.1 Å². The normalized spacial score (nSPS) is 12.1. The number of carbonyl (C=O) groups is 1. The Bertz CT molecular complexity index is 997. The highest BCUT2D eigenvalue weighted by atomic mass is 32.1. The zero-order valence-corrected chi connectivity index (χ0v) is 15.0. The number of hydrogen-bond donors (Lipinski definition) is 0. The quantitative estimate of drug-likeness (QED) is 0.614. The molecule has 0 spiro atoms. The molecule has 1 amide bonds. The molecule has 0 aliphatic heterocycles. The Morgan fingerprint density at radius 1 is 1.28 bits per heavy atom. The zero-order valence-electron chi connectivity index (χ0n) is 14.2. The van der Waals surface area contributed by atoms with Gasteiger partial charge in [0.05, 0.1) is 10.2 Å². The van der Waals surface area contributed by atoms with E-state index in [1.165, 1.54) is 41.2 Å². The van der Waals surface area contributed by atoms with Gasteiger partial charge in [-0.25, -0.2) is 4.39 Å². The highest BCUT2D eigenvalue weighted by Gasteiger charge is 2.10. The Morgan fingerprint density at radius 2 is 2.00 bits per heavy atom. The monoisotopic (exact) mass is 354 g/mol. The van der Waals surface area contributed by atoms with Crippen molar-refractivity contribution >= 4 is 27.5 Å². The summed E-state index contributed by atoms with van der Waals surface area (Å²) in [5.74, 6) is -0.324. The Kier molecular flexibility index (Phi) is 4.95. The maximum absolute atomic E-state index is 13.0. The van der Waals surface area contributed by atoms with E-state index in [4.69, 9.17) is 0 Å². The number of benzene rings is 2. The third kappa shape index (κ3) is 3.61. The lowest BCUT2D eigenvalue weighted by atomic mass is 10.0. The van der Waals surface area contributed by atoms with Crippen LogP contribution in [0.2, 0.25) is 0 Å². The molecule has 5 heteroatoms. The minimum Gasteiger partial charge on any atom is -0.312 e. The molecule has 3 nitrogen and oxygen atoms in total. The van der Waals surface area contributed by atoms with E-state index in [-0.39, 0.29) is 11.7 Å². The Morgan fingerprint density at radius 3 is 2.64 bits per heavy atom. The standard InChI is InChI=1S/C20H19FN2OS/c1-4-11-23-17-10-7-15(13(2)3)12-18(17)25-20(23)22-19(24)14-5-8-16(21)9-6-14/h4-10,12-13H,1,11H2,2-3H3. The maximum atomic E-state index is 13.0. The molecule has 3 rings (SSSR count). The third-order valence-corrected chi connectivity index (χ3v) is 5.01. The number of nitrogens with zero attached hydrogens (tertiary/aromatic N) is 2. The lowest BCUT2D eigenvalue weighted by molar-refractivity contribution is 0.0998. The molecule has 0 N–H and O–H groups in total. The summed E-state index contributed by atoms with van der Waals surface area (Å²) < 4.78 is 16.1. The largest absolute Gasteiger partial charge is 0.312 e. The van der Waals surface area contributed by atoms with Gasteiger partial charge in [-0.2, -0.15) is 4.99 Å². The highest BCUT2D eigenvalue weighted by Crippen LogP contribution is 2.23. The molecule has 3 aromatic rings. The van der Waals surface area contributed by atoms with Gasteiger partial charge in [-0.3, -0.25) is 4.79 Å². The van der Waals surface area contributed by atoms with Crippen molar-refractivity contribution in [2.24, 2.45) is 4.99 Å². The van der Waals surface area contributed by atoms with Crippen LogP contribution in [0.4, 0.5) is 4.39 Å². The summed E-state index contributed by atoms with van der Waals surface area (Å²) in [5.41, 5.74) is 2.64. The van der Waals surface area contributed by atoms with Crippen LogP contribution >= 0.6 is 11.3 Å². The maximum Gasteiger partial charge on any atom is 0.279 e. The molecule has 0 fully saturated rings. The molecular weight excluding hydrogens is 335 g/mol. The van der Waals surface area contributed by atoms with Crippen molar-refractivity contribution in [3.05, 3.63) is 76.9 Å². The molecule has 0 saturated carbocycles. The molecule has 25 heavy (non-hydrogen) atoms. The fourth-order valence-corrected chi connectivity index (χ4v) is 3.67. The van der Waals surface area contributed by atoms with Gasteiger partial charge in [0.25, 0.3) is 5.91 Å². The minimum absolute atomic E-state index is 0.367. The van der Waals surface area contributed by atoms with E-state index in [0.717, 1.165) is 10.2 Å². The highest BCUT2D eigenvalue weighted by molar-refractivity contribution is 7.16. The van der Waals surface area contributed by atoms with Gasteiger partial charge >= 0.3 is 0 Å². The summed E-state index contributed by atoms with van der Waals surface area (Å²) in [6.45, 7) is 8.66. The zero-order chi connectivity index (χ0) is 18.0. The molecular formula is C20H19FN2OS. The number of rotatable bonds is 4. The SMILES string of the molecule is C=CCn1c(=NC(=O)c2ccc(F)cc2)sc2cc(C(C)C)ccc21. The van der Waals surface area contributed by atoms with E-state index in [0.29, 0.717) is 22.8 Å². The second-order valence-corrected chi connectivity index (χ2v) is 7.10. The van der Waals surface area contributed by atoms with Gasteiger partial charge in [0.15, 0.2) is 4.80 Å². The van der Waals surface area contributed by atoms with Crippen LogP contribution in [0.5, 0.6) is 0 Å². The molecule has 0 atom stereocenters. The molecule has 0 aliphatic carbocycles. The number of aromatic nitrogens is 1. The molecule has 0 aliphatic rings. The predicted molar refractivity (Wildman–Crippen MR) is 100 cm³/mol. The van der Waals surface area contributed by atoms with Gasteiger partial charge in [0.2, 0.25) is 0 Å². The molecule has 0 unspecified atom stereocenters. The number of halogens is 1. The molecule has 0 radical (unpaired) electrons. The molecule has 1 aromatic heterocycles. The summed E-state index contributed by atoms with van der Waals surface area (Å²) in [6, 6.07) is 11.7. The van der Waals surface area contributed by atoms with Gasteiger partial charge < -0.3 is 4.57 Å². The summed E-state index contributed by atoms with van der Waals surface area (Å²) in [6.07, 6.45) is 1.78. The summed E-state index contributed by atoms with van der Waals surface area (Å²) >= 11 is 1.48.